The number of hydrogen-bond donors (Lipinski definition) is 1. The van der Waals surface area contributed by atoms with Crippen molar-refractivity contribution in [3.8, 4) is 0 Å². The lowest BCUT2D eigenvalue weighted by Crippen LogP contribution is -2.43. The van der Waals surface area contributed by atoms with Gasteiger partial charge < -0.3 is 24.6 Å². The predicted octanol–water partition coefficient (Wildman–Crippen LogP) is 1.31. The number of ether oxygens (including phenoxy) is 2. The van der Waals surface area contributed by atoms with Crippen LogP contribution in [0.4, 0.5) is 0 Å². The minimum Gasteiger partial charge on any atom is -0.469 e. The minimum absolute atomic E-state index is 0.0817. The van der Waals surface area contributed by atoms with Crippen LogP contribution in [0.1, 0.15) is 18.4 Å². The Hall–Kier alpha value is -2.00. The smallest absolute Gasteiger partial charge is 0.314 e. The molecule has 1 aromatic rings. The SMILES string of the molecule is COC(=O)C1(CN(C)C)CCN(Cc2ccccc2)C1.COC(=O)C1(CN(C)C)CCNC1. The summed E-state index contributed by atoms with van der Waals surface area (Å²) in [6.45, 7) is 5.75. The van der Waals surface area contributed by atoms with E-state index in [1.165, 1.54) is 19.8 Å². The van der Waals surface area contributed by atoms with Crippen molar-refractivity contribution in [2.24, 2.45) is 10.8 Å². The first kappa shape index (κ1) is 27.2. The summed E-state index contributed by atoms with van der Waals surface area (Å²) in [5.74, 6) is -0.173. The highest BCUT2D eigenvalue weighted by atomic mass is 16.5. The van der Waals surface area contributed by atoms with Crippen molar-refractivity contribution in [2.75, 3.05) is 81.7 Å². The molecule has 8 nitrogen and oxygen atoms in total. The van der Waals surface area contributed by atoms with Crippen LogP contribution < -0.4 is 5.32 Å². The number of methoxy groups -OCH3 is 2. The summed E-state index contributed by atoms with van der Waals surface area (Å²) in [5, 5.41) is 3.21. The summed E-state index contributed by atoms with van der Waals surface area (Å²) in [6.07, 6.45) is 1.74. The molecule has 2 unspecified atom stereocenters. The highest BCUT2D eigenvalue weighted by Gasteiger charge is 2.46. The first-order chi connectivity index (χ1) is 15.7. The second-order valence-electron chi connectivity index (χ2n) is 9.89. The molecule has 0 spiro atoms. The van der Waals surface area contributed by atoms with Crippen LogP contribution in [0.15, 0.2) is 30.3 Å². The monoisotopic (exact) mass is 462 g/mol. The van der Waals surface area contributed by atoms with E-state index in [0.29, 0.717) is 0 Å². The first-order valence-corrected chi connectivity index (χ1v) is 11.6. The van der Waals surface area contributed by atoms with Gasteiger partial charge in [0, 0.05) is 32.7 Å². The number of esters is 2. The number of rotatable bonds is 8. The number of carbonyl (C=O) groups is 2. The van der Waals surface area contributed by atoms with E-state index in [9.17, 15) is 9.59 Å². The van der Waals surface area contributed by atoms with Crippen molar-refractivity contribution in [3.63, 3.8) is 0 Å². The average Bonchev–Trinajstić information content (AvgIpc) is 3.41. The van der Waals surface area contributed by atoms with Crippen LogP contribution in [0.3, 0.4) is 0 Å². The zero-order chi connectivity index (χ0) is 24.5. The molecule has 0 saturated carbocycles. The van der Waals surface area contributed by atoms with Crippen LogP contribution in [0.5, 0.6) is 0 Å². The molecule has 2 aliphatic heterocycles. The molecule has 3 rings (SSSR count). The maximum Gasteiger partial charge on any atom is 0.314 e. The van der Waals surface area contributed by atoms with Crippen molar-refractivity contribution < 1.29 is 19.1 Å². The Morgan fingerprint density at radius 3 is 2.03 bits per heavy atom. The van der Waals surface area contributed by atoms with Crippen LogP contribution in [-0.4, -0.2) is 108 Å². The molecule has 2 saturated heterocycles. The molecular weight excluding hydrogens is 420 g/mol. The molecule has 0 aliphatic carbocycles. The lowest BCUT2D eigenvalue weighted by molar-refractivity contribution is -0.153. The molecule has 0 bridgehead atoms. The maximum absolute atomic E-state index is 12.2. The third-order valence-corrected chi connectivity index (χ3v) is 6.40. The molecule has 2 aliphatic rings. The van der Waals surface area contributed by atoms with Crippen LogP contribution in [0, 0.1) is 10.8 Å². The molecule has 0 radical (unpaired) electrons. The van der Waals surface area contributed by atoms with Gasteiger partial charge in [-0.2, -0.15) is 0 Å². The van der Waals surface area contributed by atoms with E-state index in [-0.39, 0.29) is 22.8 Å². The number of likely N-dealkylation sites (tertiary alicyclic amines) is 1. The highest BCUT2D eigenvalue weighted by Crippen LogP contribution is 2.33. The van der Waals surface area contributed by atoms with E-state index in [4.69, 9.17) is 9.47 Å². The molecule has 186 valence electrons. The third-order valence-electron chi connectivity index (χ3n) is 6.40. The summed E-state index contributed by atoms with van der Waals surface area (Å²) in [7, 11) is 10.9. The minimum atomic E-state index is -0.382. The average molecular weight is 463 g/mol. The summed E-state index contributed by atoms with van der Waals surface area (Å²) in [5.41, 5.74) is 0.587. The summed E-state index contributed by atoms with van der Waals surface area (Å²) in [4.78, 5) is 30.2. The largest absolute Gasteiger partial charge is 0.469 e. The fourth-order valence-corrected chi connectivity index (χ4v) is 5.06. The van der Waals surface area contributed by atoms with Gasteiger partial charge in [0.2, 0.25) is 0 Å². The van der Waals surface area contributed by atoms with E-state index in [2.05, 4.69) is 39.4 Å². The van der Waals surface area contributed by atoms with Gasteiger partial charge in [-0.05, 0) is 59.7 Å². The topological polar surface area (TPSA) is 74.4 Å². The summed E-state index contributed by atoms with van der Waals surface area (Å²) >= 11 is 0. The summed E-state index contributed by atoms with van der Waals surface area (Å²) < 4.78 is 9.88. The second-order valence-corrected chi connectivity index (χ2v) is 9.89. The Morgan fingerprint density at radius 1 is 0.939 bits per heavy atom. The third kappa shape index (κ3) is 7.50. The van der Waals surface area contributed by atoms with Gasteiger partial charge in [-0.25, -0.2) is 0 Å². The van der Waals surface area contributed by atoms with Gasteiger partial charge in [0.1, 0.15) is 0 Å². The standard InChI is InChI=1S/C16H24N2O2.C9H18N2O2/c1-17(2)12-16(15(19)20-3)9-10-18(13-16)11-14-7-5-4-6-8-14;1-11(2)7-9(8(12)13-3)4-5-10-6-9/h4-8H,9-13H2,1-3H3;10H,4-7H2,1-3H3. The van der Waals surface area contributed by atoms with E-state index in [1.807, 2.05) is 39.2 Å². The maximum atomic E-state index is 12.2. The Morgan fingerprint density at radius 2 is 1.52 bits per heavy atom. The number of nitrogens with one attached hydrogen (secondary N) is 1. The van der Waals surface area contributed by atoms with E-state index in [0.717, 1.165) is 58.7 Å². The zero-order valence-corrected chi connectivity index (χ0v) is 21.2. The molecule has 0 aromatic heterocycles. The van der Waals surface area contributed by atoms with Crippen molar-refractivity contribution in [3.05, 3.63) is 35.9 Å². The van der Waals surface area contributed by atoms with Crippen molar-refractivity contribution >= 4 is 11.9 Å². The van der Waals surface area contributed by atoms with Crippen molar-refractivity contribution in [1.82, 2.24) is 20.0 Å². The molecule has 2 fully saturated rings. The number of carbonyl (C=O) groups excluding carboxylic acids is 2. The van der Waals surface area contributed by atoms with Gasteiger partial charge in [-0.1, -0.05) is 30.3 Å². The van der Waals surface area contributed by atoms with Crippen LogP contribution in [-0.2, 0) is 25.6 Å². The molecule has 2 heterocycles. The lowest BCUT2D eigenvalue weighted by Gasteiger charge is -2.29. The number of hydrogen-bond acceptors (Lipinski definition) is 8. The van der Waals surface area contributed by atoms with Crippen molar-refractivity contribution in [2.45, 2.75) is 19.4 Å². The van der Waals surface area contributed by atoms with Gasteiger partial charge in [-0.15, -0.1) is 0 Å². The van der Waals surface area contributed by atoms with Gasteiger partial charge in [0.25, 0.3) is 0 Å². The number of nitrogens with zero attached hydrogens (tertiary/aromatic N) is 3. The van der Waals surface area contributed by atoms with E-state index in [1.54, 1.807) is 0 Å². The van der Waals surface area contributed by atoms with Gasteiger partial charge in [0.15, 0.2) is 0 Å². The normalized spacial score (nSPS) is 25.1. The predicted molar refractivity (Wildman–Crippen MR) is 130 cm³/mol. The highest BCUT2D eigenvalue weighted by molar-refractivity contribution is 5.78. The second kappa shape index (κ2) is 12.5. The van der Waals surface area contributed by atoms with Gasteiger partial charge in [0.05, 0.1) is 25.0 Å². The first-order valence-electron chi connectivity index (χ1n) is 11.6. The Labute approximate surface area is 199 Å². The van der Waals surface area contributed by atoms with Crippen LogP contribution in [0.25, 0.3) is 0 Å². The fraction of sp³-hybridized carbons (Fsp3) is 0.680. The Bertz CT molecular complexity index is 750. The number of benzene rings is 1. The molecule has 1 aromatic carbocycles. The van der Waals surface area contributed by atoms with Crippen LogP contribution >= 0.6 is 0 Å². The molecular formula is C25H42N4O4. The Kier molecular flexibility index (Phi) is 10.3. The van der Waals surface area contributed by atoms with Gasteiger partial charge in [-0.3, -0.25) is 14.5 Å². The zero-order valence-electron chi connectivity index (χ0n) is 21.2. The van der Waals surface area contributed by atoms with Crippen LogP contribution in [0.2, 0.25) is 0 Å². The molecule has 0 amide bonds. The van der Waals surface area contributed by atoms with E-state index < -0.39 is 0 Å². The summed E-state index contributed by atoms with van der Waals surface area (Å²) in [6, 6.07) is 10.4. The molecule has 2 atom stereocenters. The lowest BCUT2D eigenvalue weighted by atomic mass is 9.86. The molecule has 1 N–H and O–H groups in total. The van der Waals surface area contributed by atoms with Crippen molar-refractivity contribution in [1.29, 1.82) is 0 Å². The fourth-order valence-electron chi connectivity index (χ4n) is 5.06. The van der Waals surface area contributed by atoms with E-state index >= 15 is 0 Å². The quantitative estimate of drug-likeness (QED) is 0.580. The van der Waals surface area contributed by atoms with Gasteiger partial charge >= 0.3 is 11.9 Å². The molecule has 8 heteroatoms. The Balaban J connectivity index is 0.000000257. The molecule has 33 heavy (non-hydrogen) atoms.